The first-order valence-corrected chi connectivity index (χ1v) is 8.45. The lowest BCUT2D eigenvalue weighted by Crippen LogP contribution is -2.21. The van der Waals surface area contributed by atoms with E-state index in [9.17, 15) is 4.79 Å². The van der Waals surface area contributed by atoms with E-state index in [0.29, 0.717) is 27.5 Å². The van der Waals surface area contributed by atoms with Crippen molar-refractivity contribution in [1.82, 2.24) is 9.55 Å². The second-order valence-corrected chi connectivity index (χ2v) is 7.75. The molecule has 3 aromatic rings. The van der Waals surface area contributed by atoms with E-state index in [4.69, 9.17) is 23.2 Å². The third kappa shape index (κ3) is 3.33. The zero-order valence-electron chi connectivity index (χ0n) is 13.8. The van der Waals surface area contributed by atoms with Gasteiger partial charge in [-0.05, 0) is 28.7 Å². The molecule has 0 bridgehead atoms. The first kappa shape index (κ1) is 17.0. The van der Waals surface area contributed by atoms with Crippen LogP contribution in [0.15, 0.2) is 47.5 Å². The highest BCUT2D eigenvalue weighted by atomic mass is 35.5. The second-order valence-electron chi connectivity index (χ2n) is 6.91. The molecule has 0 spiro atoms. The Hall–Kier alpha value is -1.84. The molecule has 0 amide bonds. The summed E-state index contributed by atoms with van der Waals surface area (Å²) >= 11 is 12.1. The van der Waals surface area contributed by atoms with Crippen LogP contribution in [0.5, 0.6) is 0 Å². The van der Waals surface area contributed by atoms with Crippen LogP contribution in [0.2, 0.25) is 10.0 Å². The summed E-state index contributed by atoms with van der Waals surface area (Å²) < 4.78 is 1.57. The Bertz CT molecular complexity index is 954. The predicted molar refractivity (Wildman–Crippen MR) is 100 cm³/mol. The van der Waals surface area contributed by atoms with Crippen LogP contribution in [0.3, 0.4) is 0 Å². The van der Waals surface area contributed by atoms with Crippen molar-refractivity contribution in [2.24, 2.45) is 0 Å². The van der Waals surface area contributed by atoms with Crippen molar-refractivity contribution in [3.63, 3.8) is 0 Å². The molecule has 0 unspecified atom stereocenters. The van der Waals surface area contributed by atoms with E-state index >= 15 is 0 Å². The number of halogens is 2. The first-order valence-electron chi connectivity index (χ1n) is 7.69. The maximum atomic E-state index is 12.7. The predicted octanol–water partition coefficient (Wildman–Crippen LogP) is 5.05. The molecule has 5 heteroatoms. The number of aromatic nitrogens is 2. The molecule has 0 aliphatic rings. The molecule has 3 rings (SSSR count). The highest BCUT2D eigenvalue weighted by molar-refractivity contribution is 6.38. The van der Waals surface area contributed by atoms with E-state index < -0.39 is 0 Å². The summed E-state index contributed by atoms with van der Waals surface area (Å²) in [6, 6.07) is 11.5. The highest BCUT2D eigenvalue weighted by Gasteiger charge is 2.13. The molecule has 0 atom stereocenters. The van der Waals surface area contributed by atoms with Crippen LogP contribution in [-0.4, -0.2) is 9.55 Å². The van der Waals surface area contributed by atoms with Crippen molar-refractivity contribution in [2.75, 3.05) is 0 Å². The van der Waals surface area contributed by atoms with E-state index in [2.05, 4.69) is 37.9 Å². The Kier molecular flexibility index (Phi) is 4.41. The average molecular weight is 361 g/mol. The van der Waals surface area contributed by atoms with Gasteiger partial charge >= 0.3 is 0 Å². The summed E-state index contributed by atoms with van der Waals surface area (Å²) in [5, 5.41) is 1.25. The minimum atomic E-state index is -0.149. The molecule has 0 aliphatic carbocycles. The van der Waals surface area contributed by atoms with Gasteiger partial charge in [-0.3, -0.25) is 9.36 Å². The van der Waals surface area contributed by atoms with Crippen molar-refractivity contribution in [1.29, 1.82) is 0 Å². The molecule has 124 valence electrons. The van der Waals surface area contributed by atoms with Crippen LogP contribution in [-0.2, 0) is 12.0 Å². The van der Waals surface area contributed by atoms with E-state index in [1.807, 2.05) is 12.1 Å². The molecule has 0 saturated heterocycles. The van der Waals surface area contributed by atoms with E-state index in [0.717, 1.165) is 5.56 Å². The molecular formula is C19H18Cl2N2O. The van der Waals surface area contributed by atoms with Gasteiger partial charge in [0.25, 0.3) is 5.56 Å². The standard InChI is InChI=1S/C19H18Cl2N2O/c1-19(2,3)13-6-4-12(5-7-13)10-23-11-22-17-15(18(23)24)8-14(20)9-16(17)21/h4-9,11H,10H2,1-3H3. The lowest BCUT2D eigenvalue weighted by atomic mass is 9.87. The Morgan fingerprint density at radius 2 is 1.75 bits per heavy atom. The van der Waals surface area contributed by atoms with Crippen LogP contribution < -0.4 is 5.56 Å². The molecular weight excluding hydrogens is 343 g/mol. The van der Waals surface area contributed by atoms with Gasteiger partial charge in [0.1, 0.15) is 0 Å². The van der Waals surface area contributed by atoms with Gasteiger partial charge in [-0.15, -0.1) is 0 Å². The molecule has 0 N–H and O–H groups in total. The molecule has 0 fully saturated rings. The molecule has 0 aliphatic heterocycles. The van der Waals surface area contributed by atoms with Gasteiger partial charge in [-0.2, -0.15) is 0 Å². The van der Waals surface area contributed by atoms with Gasteiger partial charge < -0.3 is 0 Å². The molecule has 24 heavy (non-hydrogen) atoms. The number of hydrogen-bond acceptors (Lipinski definition) is 2. The summed E-state index contributed by atoms with van der Waals surface area (Å²) in [5.74, 6) is 0. The summed E-state index contributed by atoms with van der Waals surface area (Å²) in [5.41, 5.74) is 2.73. The van der Waals surface area contributed by atoms with Gasteiger partial charge in [-0.1, -0.05) is 68.2 Å². The van der Waals surface area contributed by atoms with E-state index in [1.54, 1.807) is 16.7 Å². The first-order chi connectivity index (χ1) is 11.3. The SMILES string of the molecule is CC(C)(C)c1ccc(Cn2cnc3c(Cl)cc(Cl)cc3c2=O)cc1. The molecule has 0 radical (unpaired) electrons. The summed E-state index contributed by atoms with van der Waals surface area (Å²) in [4.78, 5) is 17.0. The lowest BCUT2D eigenvalue weighted by molar-refractivity contribution is 0.589. The Morgan fingerprint density at radius 1 is 1.08 bits per heavy atom. The fourth-order valence-electron chi connectivity index (χ4n) is 2.61. The number of hydrogen-bond donors (Lipinski definition) is 0. The third-order valence-corrected chi connectivity index (χ3v) is 4.52. The number of fused-ring (bicyclic) bond motifs is 1. The zero-order valence-corrected chi connectivity index (χ0v) is 15.3. The fourth-order valence-corrected chi connectivity index (χ4v) is 3.16. The molecule has 0 saturated carbocycles. The zero-order chi connectivity index (χ0) is 17.5. The molecule has 2 aromatic carbocycles. The van der Waals surface area contributed by atoms with Crippen molar-refractivity contribution in [3.8, 4) is 0 Å². The van der Waals surface area contributed by atoms with Crippen LogP contribution in [0, 0.1) is 0 Å². The van der Waals surface area contributed by atoms with Gasteiger partial charge in [0.05, 0.1) is 28.8 Å². The van der Waals surface area contributed by atoms with Gasteiger partial charge in [0, 0.05) is 5.02 Å². The largest absolute Gasteiger partial charge is 0.294 e. The van der Waals surface area contributed by atoms with Crippen LogP contribution in [0.1, 0.15) is 31.9 Å². The maximum absolute atomic E-state index is 12.7. The van der Waals surface area contributed by atoms with Crippen LogP contribution in [0.25, 0.3) is 10.9 Å². The van der Waals surface area contributed by atoms with Gasteiger partial charge in [0.2, 0.25) is 0 Å². The quantitative estimate of drug-likeness (QED) is 0.640. The summed E-state index contributed by atoms with van der Waals surface area (Å²) in [6.45, 7) is 6.98. The average Bonchev–Trinajstić information content (AvgIpc) is 2.50. The maximum Gasteiger partial charge on any atom is 0.261 e. The van der Waals surface area contributed by atoms with Crippen molar-refractivity contribution >= 4 is 34.1 Å². The van der Waals surface area contributed by atoms with Gasteiger partial charge in [0.15, 0.2) is 0 Å². The molecule has 1 heterocycles. The minimum Gasteiger partial charge on any atom is -0.294 e. The van der Waals surface area contributed by atoms with Crippen molar-refractivity contribution < 1.29 is 0 Å². The topological polar surface area (TPSA) is 34.9 Å². The van der Waals surface area contributed by atoms with E-state index in [-0.39, 0.29) is 11.0 Å². The number of benzene rings is 2. The second kappa shape index (κ2) is 6.23. The Morgan fingerprint density at radius 3 is 2.38 bits per heavy atom. The highest BCUT2D eigenvalue weighted by Crippen LogP contribution is 2.24. The summed E-state index contributed by atoms with van der Waals surface area (Å²) in [6.07, 6.45) is 1.53. The fraction of sp³-hybridized carbons (Fsp3) is 0.263. The van der Waals surface area contributed by atoms with Gasteiger partial charge in [-0.25, -0.2) is 4.98 Å². The smallest absolute Gasteiger partial charge is 0.261 e. The lowest BCUT2D eigenvalue weighted by Gasteiger charge is -2.19. The number of nitrogens with zero attached hydrogens (tertiary/aromatic N) is 2. The summed E-state index contributed by atoms with van der Waals surface area (Å²) in [7, 11) is 0. The molecule has 1 aromatic heterocycles. The molecule has 3 nitrogen and oxygen atoms in total. The number of rotatable bonds is 2. The normalized spacial score (nSPS) is 11.9. The van der Waals surface area contributed by atoms with Crippen LogP contribution in [0.4, 0.5) is 0 Å². The van der Waals surface area contributed by atoms with Crippen molar-refractivity contribution in [3.05, 3.63) is 74.3 Å². The minimum absolute atomic E-state index is 0.105. The Labute approximate surface area is 150 Å². The third-order valence-electron chi connectivity index (χ3n) is 4.02. The van der Waals surface area contributed by atoms with Crippen LogP contribution >= 0.6 is 23.2 Å². The van der Waals surface area contributed by atoms with Crippen molar-refractivity contribution in [2.45, 2.75) is 32.7 Å². The Balaban J connectivity index is 1.99. The van der Waals surface area contributed by atoms with E-state index in [1.165, 1.54) is 11.9 Å². The monoisotopic (exact) mass is 360 g/mol.